The molecular formula is C16H21NO4. The molecule has 0 spiro atoms. The van der Waals surface area contributed by atoms with Crippen molar-refractivity contribution in [2.24, 2.45) is 5.92 Å². The van der Waals surface area contributed by atoms with E-state index in [0.29, 0.717) is 18.8 Å². The summed E-state index contributed by atoms with van der Waals surface area (Å²) in [5.74, 6) is -0.911. The lowest BCUT2D eigenvalue weighted by Crippen LogP contribution is -2.56. The Morgan fingerprint density at radius 1 is 1.33 bits per heavy atom. The number of rotatable bonds is 4. The van der Waals surface area contributed by atoms with Gasteiger partial charge in [-0.25, -0.2) is 4.79 Å². The Morgan fingerprint density at radius 3 is 2.52 bits per heavy atom. The highest BCUT2D eigenvalue weighted by atomic mass is 16.4. The minimum atomic E-state index is -1.19. The van der Waals surface area contributed by atoms with Crippen molar-refractivity contribution in [2.75, 3.05) is 0 Å². The molecule has 114 valence electrons. The average molecular weight is 291 g/mol. The van der Waals surface area contributed by atoms with E-state index in [-0.39, 0.29) is 11.3 Å². The fraction of sp³-hybridized carbons (Fsp3) is 0.500. The Bertz CT molecular complexity index is 533. The van der Waals surface area contributed by atoms with Gasteiger partial charge in [0.05, 0.1) is 0 Å². The van der Waals surface area contributed by atoms with Crippen molar-refractivity contribution in [2.45, 2.75) is 44.6 Å². The highest BCUT2D eigenvalue weighted by Gasteiger charge is 2.43. The van der Waals surface area contributed by atoms with Crippen LogP contribution in [0.2, 0.25) is 0 Å². The summed E-state index contributed by atoms with van der Waals surface area (Å²) in [6, 6.07) is 5.92. The number of carboxylic acids is 1. The quantitative estimate of drug-likeness (QED) is 0.795. The molecule has 1 saturated carbocycles. The van der Waals surface area contributed by atoms with Crippen LogP contribution in [-0.2, 0) is 4.79 Å². The van der Waals surface area contributed by atoms with E-state index >= 15 is 0 Å². The summed E-state index contributed by atoms with van der Waals surface area (Å²) in [5.41, 5.74) is -0.915. The van der Waals surface area contributed by atoms with Gasteiger partial charge >= 0.3 is 5.97 Å². The predicted octanol–water partition coefficient (Wildman–Crippen LogP) is 2.55. The largest absolute Gasteiger partial charge is 0.508 e. The first kappa shape index (κ1) is 15.4. The molecule has 0 heterocycles. The highest BCUT2D eigenvalue weighted by molar-refractivity contribution is 5.98. The van der Waals surface area contributed by atoms with Crippen LogP contribution in [0.3, 0.4) is 0 Å². The molecule has 0 radical (unpaired) electrons. The van der Waals surface area contributed by atoms with Gasteiger partial charge in [-0.15, -0.1) is 0 Å². The van der Waals surface area contributed by atoms with Gasteiger partial charge in [0, 0.05) is 5.56 Å². The number of carbonyl (C=O) groups excluding carboxylic acids is 1. The summed E-state index contributed by atoms with van der Waals surface area (Å²) in [6.07, 6.45) is 3.55. The first-order chi connectivity index (χ1) is 9.97. The summed E-state index contributed by atoms with van der Waals surface area (Å²) < 4.78 is 0. The van der Waals surface area contributed by atoms with Gasteiger partial charge in [-0.1, -0.05) is 19.4 Å². The van der Waals surface area contributed by atoms with E-state index in [0.717, 1.165) is 19.3 Å². The number of amides is 1. The molecule has 0 aromatic heterocycles. The Morgan fingerprint density at radius 2 is 2.00 bits per heavy atom. The molecule has 1 aromatic carbocycles. The third-order valence-corrected chi connectivity index (χ3v) is 4.41. The van der Waals surface area contributed by atoms with Crippen molar-refractivity contribution < 1.29 is 19.8 Å². The molecule has 1 aromatic rings. The van der Waals surface area contributed by atoms with E-state index in [1.165, 1.54) is 12.1 Å². The Hall–Kier alpha value is -2.04. The molecule has 3 N–H and O–H groups in total. The van der Waals surface area contributed by atoms with Gasteiger partial charge in [0.2, 0.25) is 0 Å². The fourth-order valence-electron chi connectivity index (χ4n) is 2.91. The number of hydrogen-bond acceptors (Lipinski definition) is 3. The first-order valence-corrected chi connectivity index (χ1v) is 7.32. The molecular weight excluding hydrogens is 270 g/mol. The van der Waals surface area contributed by atoms with Gasteiger partial charge in [-0.3, -0.25) is 4.79 Å². The van der Waals surface area contributed by atoms with Crippen molar-refractivity contribution in [1.82, 2.24) is 5.32 Å². The zero-order valence-electron chi connectivity index (χ0n) is 12.1. The van der Waals surface area contributed by atoms with Crippen LogP contribution in [0.15, 0.2) is 24.3 Å². The monoisotopic (exact) mass is 291 g/mol. The molecule has 0 saturated heterocycles. The molecule has 0 unspecified atom stereocenters. The maximum Gasteiger partial charge on any atom is 0.329 e. The summed E-state index contributed by atoms with van der Waals surface area (Å²) >= 11 is 0. The second-order valence-electron chi connectivity index (χ2n) is 5.74. The molecule has 0 bridgehead atoms. The van der Waals surface area contributed by atoms with Crippen LogP contribution < -0.4 is 5.32 Å². The van der Waals surface area contributed by atoms with Crippen molar-refractivity contribution >= 4 is 11.9 Å². The van der Waals surface area contributed by atoms with Gasteiger partial charge in [-0.05, 0) is 49.8 Å². The average Bonchev–Trinajstić information content (AvgIpc) is 2.47. The van der Waals surface area contributed by atoms with Gasteiger partial charge < -0.3 is 15.5 Å². The van der Waals surface area contributed by atoms with Crippen molar-refractivity contribution in [3.8, 4) is 5.75 Å². The topological polar surface area (TPSA) is 86.6 Å². The number of carbonyl (C=O) groups is 2. The SMILES string of the molecule is CCC1CCC(NC(=O)c2cccc(O)c2)(C(=O)O)CC1. The number of hydrogen-bond donors (Lipinski definition) is 3. The van der Waals surface area contributed by atoms with E-state index < -0.39 is 17.4 Å². The number of phenolic OH excluding ortho intramolecular Hbond substituents is 1. The molecule has 0 atom stereocenters. The van der Waals surface area contributed by atoms with Crippen LogP contribution in [0.25, 0.3) is 0 Å². The number of nitrogens with one attached hydrogen (secondary N) is 1. The molecule has 1 fully saturated rings. The molecule has 0 aliphatic heterocycles. The Labute approximate surface area is 124 Å². The van der Waals surface area contributed by atoms with E-state index in [1.807, 2.05) is 0 Å². The minimum absolute atomic E-state index is 0.0123. The van der Waals surface area contributed by atoms with Crippen LogP contribution >= 0.6 is 0 Å². The van der Waals surface area contributed by atoms with Gasteiger partial charge in [0.15, 0.2) is 0 Å². The molecule has 1 aliphatic rings. The van der Waals surface area contributed by atoms with Crippen LogP contribution in [0.1, 0.15) is 49.4 Å². The molecule has 5 nitrogen and oxygen atoms in total. The fourth-order valence-corrected chi connectivity index (χ4v) is 2.91. The van der Waals surface area contributed by atoms with Crippen LogP contribution in [0, 0.1) is 5.92 Å². The van der Waals surface area contributed by atoms with E-state index in [4.69, 9.17) is 0 Å². The lowest BCUT2D eigenvalue weighted by Gasteiger charge is -2.37. The zero-order valence-corrected chi connectivity index (χ0v) is 12.1. The number of aromatic hydroxyl groups is 1. The maximum absolute atomic E-state index is 12.2. The molecule has 2 rings (SSSR count). The number of phenols is 1. The molecule has 5 heteroatoms. The van der Waals surface area contributed by atoms with Gasteiger partial charge in [0.1, 0.15) is 11.3 Å². The van der Waals surface area contributed by atoms with E-state index in [9.17, 15) is 19.8 Å². The molecule has 1 amide bonds. The Kier molecular flexibility index (Phi) is 4.50. The molecule has 21 heavy (non-hydrogen) atoms. The Balaban J connectivity index is 2.14. The first-order valence-electron chi connectivity index (χ1n) is 7.32. The van der Waals surface area contributed by atoms with Crippen molar-refractivity contribution in [3.05, 3.63) is 29.8 Å². The molecule has 1 aliphatic carbocycles. The number of carboxylic acid groups (broad SMARTS) is 1. The van der Waals surface area contributed by atoms with E-state index in [1.54, 1.807) is 12.1 Å². The smallest absolute Gasteiger partial charge is 0.329 e. The van der Waals surface area contributed by atoms with Gasteiger partial charge in [-0.2, -0.15) is 0 Å². The summed E-state index contributed by atoms with van der Waals surface area (Å²) in [7, 11) is 0. The maximum atomic E-state index is 12.2. The van der Waals surface area contributed by atoms with Crippen LogP contribution in [-0.4, -0.2) is 27.6 Å². The standard InChI is InChI=1S/C16H21NO4/c1-2-11-6-8-16(9-7-11,15(20)21)17-14(19)12-4-3-5-13(18)10-12/h3-5,10-11,18H,2,6-9H2,1H3,(H,17,19)(H,20,21). The second-order valence-corrected chi connectivity index (χ2v) is 5.74. The minimum Gasteiger partial charge on any atom is -0.508 e. The summed E-state index contributed by atoms with van der Waals surface area (Å²) in [6.45, 7) is 2.10. The number of aliphatic carboxylic acids is 1. The van der Waals surface area contributed by atoms with Gasteiger partial charge in [0.25, 0.3) is 5.91 Å². The highest BCUT2D eigenvalue weighted by Crippen LogP contribution is 2.34. The third-order valence-electron chi connectivity index (χ3n) is 4.41. The number of benzene rings is 1. The third kappa shape index (κ3) is 3.35. The lowest BCUT2D eigenvalue weighted by molar-refractivity contribution is -0.146. The second kappa shape index (κ2) is 6.16. The van der Waals surface area contributed by atoms with Crippen LogP contribution in [0.5, 0.6) is 5.75 Å². The summed E-state index contributed by atoms with van der Waals surface area (Å²) in [5, 5.41) is 21.6. The predicted molar refractivity (Wildman–Crippen MR) is 78.2 cm³/mol. The zero-order chi connectivity index (χ0) is 15.5. The lowest BCUT2D eigenvalue weighted by atomic mass is 9.75. The van der Waals surface area contributed by atoms with Crippen LogP contribution in [0.4, 0.5) is 0 Å². The van der Waals surface area contributed by atoms with Crippen molar-refractivity contribution in [3.63, 3.8) is 0 Å². The normalized spacial score (nSPS) is 25.3. The van der Waals surface area contributed by atoms with E-state index in [2.05, 4.69) is 12.2 Å². The summed E-state index contributed by atoms with van der Waals surface area (Å²) in [4.78, 5) is 23.9. The van der Waals surface area contributed by atoms with Crippen molar-refractivity contribution in [1.29, 1.82) is 0 Å².